The summed E-state index contributed by atoms with van der Waals surface area (Å²) in [6.45, 7) is 7.48. The number of hydrogen-bond donors (Lipinski definition) is 1. The lowest BCUT2D eigenvalue weighted by Crippen LogP contribution is -2.59. The molecule has 136 valence electrons. The first-order chi connectivity index (χ1) is 11.8. The van der Waals surface area contributed by atoms with Crippen LogP contribution in [0.5, 0.6) is 0 Å². The molecule has 0 bridgehead atoms. The molecule has 4 saturated heterocycles. The molecule has 5 heteroatoms. The van der Waals surface area contributed by atoms with Crippen LogP contribution in [0, 0.1) is 11.8 Å². The molecule has 0 aliphatic carbocycles. The van der Waals surface area contributed by atoms with E-state index >= 15 is 0 Å². The van der Waals surface area contributed by atoms with E-state index in [1.165, 1.54) is 45.2 Å². The highest BCUT2D eigenvalue weighted by molar-refractivity contribution is 5.77. The highest BCUT2D eigenvalue weighted by Gasteiger charge is 2.41. The van der Waals surface area contributed by atoms with Crippen molar-refractivity contribution in [1.82, 2.24) is 15.1 Å². The van der Waals surface area contributed by atoms with E-state index in [9.17, 15) is 4.79 Å². The Balaban J connectivity index is 1.37. The number of nitrogens with one attached hydrogen (secondary N) is 1. The number of ether oxygens (including phenoxy) is 1. The third kappa shape index (κ3) is 3.63. The molecule has 2 atom stereocenters. The first kappa shape index (κ1) is 16.8. The van der Waals surface area contributed by atoms with Gasteiger partial charge >= 0.3 is 0 Å². The van der Waals surface area contributed by atoms with Crippen molar-refractivity contribution in [2.45, 2.75) is 57.0 Å². The van der Waals surface area contributed by atoms with Gasteiger partial charge in [-0.05, 0) is 63.5 Å². The summed E-state index contributed by atoms with van der Waals surface area (Å²) in [5.41, 5.74) is 0. The van der Waals surface area contributed by atoms with Crippen molar-refractivity contribution in [3.8, 4) is 0 Å². The van der Waals surface area contributed by atoms with E-state index in [4.69, 9.17) is 4.74 Å². The highest BCUT2D eigenvalue weighted by Crippen LogP contribution is 2.34. The second-order valence-electron chi connectivity index (χ2n) is 8.23. The Hall–Kier alpha value is -0.650. The Kier molecular flexibility index (Phi) is 5.40. The molecule has 0 aromatic rings. The van der Waals surface area contributed by atoms with E-state index in [0.717, 1.165) is 51.7 Å². The molecule has 0 saturated carbocycles. The van der Waals surface area contributed by atoms with Crippen LogP contribution in [0.25, 0.3) is 0 Å². The van der Waals surface area contributed by atoms with Crippen molar-refractivity contribution >= 4 is 5.91 Å². The van der Waals surface area contributed by atoms with Gasteiger partial charge in [0, 0.05) is 51.4 Å². The number of amides is 1. The van der Waals surface area contributed by atoms with Gasteiger partial charge in [-0.3, -0.25) is 9.69 Å². The smallest absolute Gasteiger partial charge is 0.222 e. The van der Waals surface area contributed by atoms with Gasteiger partial charge < -0.3 is 15.0 Å². The minimum Gasteiger partial charge on any atom is -0.381 e. The van der Waals surface area contributed by atoms with Gasteiger partial charge in [-0.1, -0.05) is 0 Å². The average molecular weight is 335 g/mol. The summed E-state index contributed by atoms with van der Waals surface area (Å²) < 4.78 is 5.53. The van der Waals surface area contributed by atoms with Gasteiger partial charge in [0.25, 0.3) is 0 Å². The normalized spacial score (nSPS) is 34.3. The van der Waals surface area contributed by atoms with E-state index in [1.54, 1.807) is 0 Å². The van der Waals surface area contributed by atoms with Crippen LogP contribution in [-0.2, 0) is 9.53 Å². The molecule has 4 rings (SSSR count). The molecule has 1 amide bonds. The van der Waals surface area contributed by atoms with Crippen molar-refractivity contribution in [3.63, 3.8) is 0 Å². The Morgan fingerprint density at radius 1 is 1.04 bits per heavy atom. The van der Waals surface area contributed by atoms with Crippen LogP contribution in [0.2, 0.25) is 0 Å². The molecule has 4 aliphatic rings. The standard InChI is InChI=1S/C19H33N3O2/c23-19-2-1-16-14-21(17-6-11-24-12-7-17)10-5-18(16)22(19)13-15-3-8-20-9-4-15/h15-18,20H,1-14H2/t16-,18+/m1/s1. The molecule has 4 heterocycles. The first-order valence-corrected chi connectivity index (χ1v) is 10.1. The van der Waals surface area contributed by atoms with E-state index in [2.05, 4.69) is 15.1 Å². The van der Waals surface area contributed by atoms with Crippen LogP contribution >= 0.6 is 0 Å². The molecule has 24 heavy (non-hydrogen) atoms. The zero-order valence-electron chi connectivity index (χ0n) is 14.9. The molecule has 0 aromatic carbocycles. The number of likely N-dealkylation sites (tertiary alicyclic amines) is 2. The van der Waals surface area contributed by atoms with E-state index in [0.29, 0.717) is 23.8 Å². The Labute approximate surface area is 146 Å². The molecule has 1 N–H and O–H groups in total. The molecular formula is C19H33N3O2. The van der Waals surface area contributed by atoms with Gasteiger partial charge in [-0.25, -0.2) is 0 Å². The Morgan fingerprint density at radius 2 is 1.83 bits per heavy atom. The summed E-state index contributed by atoms with van der Waals surface area (Å²) in [5, 5.41) is 3.44. The SMILES string of the molecule is O=C1CC[C@@H]2CN(C3CCOCC3)CC[C@@H]2N1CC1CCNCC1. The van der Waals surface area contributed by atoms with Gasteiger partial charge in [0.05, 0.1) is 0 Å². The van der Waals surface area contributed by atoms with Crippen LogP contribution in [0.4, 0.5) is 0 Å². The molecule has 4 fully saturated rings. The Bertz CT molecular complexity index is 432. The number of carbonyl (C=O) groups is 1. The number of nitrogens with zero attached hydrogens (tertiary/aromatic N) is 2. The van der Waals surface area contributed by atoms with E-state index in [1.807, 2.05) is 0 Å². The van der Waals surface area contributed by atoms with E-state index in [-0.39, 0.29) is 0 Å². The maximum absolute atomic E-state index is 12.6. The second kappa shape index (κ2) is 7.71. The summed E-state index contributed by atoms with van der Waals surface area (Å²) in [6, 6.07) is 1.23. The summed E-state index contributed by atoms with van der Waals surface area (Å²) >= 11 is 0. The van der Waals surface area contributed by atoms with Gasteiger partial charge in [-0.15, -0.1) is 0 Å². The maximum Gasteiger partial charge on any atom is 0.222 e. The van der Waals surface area contributed by atoms with Crippen molar-refractivity contribution in [1.29, 1.82) is 0 Å². The Morgan fingerprint density at radius 3 is 2.62 bits per heavy atom. The first-order valence-electron chi connectivity index (χ1n) is 10.1. The lowest BCUT2D eigenvalue weighted by molar-refractivity contribution is -0.143. The van der Waals surface area contributed by atoms with Crippen LogP contribution in [0.1, 0.15) is 44.9 Å². The minimum absolute atomic E-state index is 0.425. The van der Waals surface area contributed by atoms with Crippen molar-refractivity contribution in [2.75, 3.05) is 45.9 Å². The van der Waals surface area contributed by atoms with Crippen molar-refractivity contribution in [2.24, 2.45) is 11.8 Å². The fraction of sp³-hybridized carbons (Fsp3) is 0.947. The second-order valence-corrected chi connectivity index (χ2v) is 8.23. The number of rotatable bonds is 3. The van der Waals surface area contributed by atoms with Crippen LogP contribution in [0.3, 0.4) is 0 Å². The lowest BCUT2D eigenvalue weighted by atomic mass is 9.81. The number of fused-ring (bicyclic) bond motifs is 1. The molecule has 4 aliphatic heterocycles. The minimum atomic E-state index is 0.425. The van der Waals surface area contributed by atoms with Crippen LogP contribution < -0.4 is 5.32 Å². The van der Waals surface area contributed by atoms with Gasteiger partial charge in [0.1, 0.15) is 0 Å². The molecule has 0 unspecified atom stereocenters. The van der Waals surface area contributed by atoms with Gasteiger partial charge in [0.15, 0.2) is 0 Å². The third-order valence-corrected chi connectivity index (χ3v) is 6.80. The fourth-order valence-corrected chi connectivity index (χ4v) is 5.34. The predicted molar refractivity (Wildman–Crippen MR) is 93.8 cm³/mol. The number of hydrogen-bond acceptors (Lipinski definition) is 4. The molecule has 5 nitrogen and oxygen atoms in total. The van der Waals surface area contributed by atoms with Crippen molar-refractivity contribution in [3.05, 3.63) is 0 Å². The largest absolute Gasteiger partial charge is 0.381 e. The monoisotopic (exact) mass is 335 g/mol. The van der Waals surface area contributed by atoms with E-state index < -0.39 is 0 Å². The predicted octanol–water partition coefficient (Wildman–Crippen LogP) is 1.48. The summed E-state index contributed by atoms with van der Waals surface area (Å²) in [6.07, 6.45) is 7.90. The molecular weight excluding hydrogens is 302 g/mol. The van der Waals surface area contributed by atoms with Gasteiger partial charge in [-0.2, -0.15) is 0 Å². The summed E-state index contributed by atoms with van der Waals surface area (Å²) in [4.78, 5) is 17.6. The summed E-state index contributed by atoms with van der Waals surface area (Å²) in [7, 11) is 0. The zero-order valence-corrected chi connectivity index (χ0v) is 14.9. The van der Waals surface area contributed by atoms with Crippen molar-refractivity contribution < 1.29 is 9.53 Å². The zero-order chi connectivity index (χ0) is 16.4. The molecule has 0 radical (unpaired) electrons. The van der Waals surface area contributed by atoms with Crippen LogP contribution in [-0.4, -0.2) is 73.7 Å². The topological polar surface area (TPSA) is 44.8 Å². The van der Waals surface area contributed by atoms with Gasteiger partial charge in [0.2, 0.25) is 5.91 Å². The van der Waals surface area contributed by atoms with Crippen LogP contribution in [0.15, 0.2) is 0 Å². The highest BCUT2D eigenvalue weighted by atomic mass is 16.5. The molecule has 0 spiro atoms. The maximum atomic E-state index is 12.6. The molecule has 0 aromatic heterocycles. The fourth-order valence-electron chi connectivity index (χ4n) is 5.34. The third-order valence-electron chi connectivity index (χ3n) is 6.80. The average Bonchev–Trinajstić information content (AvgIpc) is 2.65. The number of carbonyl (C=O) groups excluding carboxylic acids is 1. The summed E-state index contributed by atoms with van der Waals surface area (Å²) in [5.74, 6) is 1.83. The lowest BCUT2D eigenvalue weighted by Gasteiger charge is -2.50. The quantitative estimate of drug-likeness (QED) is 0.848. The number of piperidine rings is 3.